The third-order valence-electron chi connectivity index (χ3n) is 6.10. The highest BCUT2D eigenvalue weighted by Gasteiger charge is 2.49. The van der Waals surface area contributed by atoms with E-state index in [2.05, 4.69) is 15.6 Å². The van der Waals surface area contributed by atoms with E-state index in [1.165, 1.54) is 41.4 Å². The maximum absolute atomic E-state index is 12.7. The number of benzene rings is 1. The summed E-state index contributed by atoms with van der Waals surface area (Å²) in [6.45, 7) is 2.38. The van der Waals surface area contributed by atoms with Crippen LogP contribution in [0.5, 0.6) is 0 Å². The van der Waals surface area contributed by atoms with Crippen LogP contribution in [0.15, 0.2) is 59.0 Å². The molecule has 2 aliphatic heterocycles. The van der Waals surface area contributed by atoms with Gasteiger partial charge in [0.2, 0.25) is 0 Å². The lowest BCUT2D eigenvalue weighted by Crippen LogP contribution is -2.50. The minimum atomic E-state index is -0.753. The van der Waals surface area contributed by atoms with Gasteiger partial charge in [0.05, 0.1) is 18.3 Å². The number of nitrogens with zero attached hydrogens (tertiary/aromatic N) is 4. The van der Waals surface area contributed by atoms with Crippen molar-refractivity contribution in [3.8, 4) is 6.07 Å². The Bertz CT molecular complexity index is 1350. The molecule has 0 unspecified atom stereocenters. The number of thiazole rings is 1. The Balaban J connectivity index is 1.39. The molecule has 1 aromatic carbocycles. The standard InChI is InChI=1S/C25H22N6O3S2/c1-15-9-18-12-36-24(30-21(32)17-5-3-2-4-6-17)31-25(18,14-34-15)23-29-20(13-35-23)28-22(33)19-8-7-16(10-26)11-27-19/h2-8,11,13,15,18H,9,12,14H2,1H3,(H,28,33)(H,30,31,32)/t15-,18-,25-/m0/s1. The summed E-state index contributed by atoms with van der Waals surface area (Å²) in [5, 5.41) is 17.6. The molecule has 4 heterocycles. The van der Waals surface area contributed by atoms with Gasteiger partial charge >= 0.3 is 0 Å². The van der Waals surface area contributed by atoms with Gasteiger partial charge in [0.1, 0.15) is 28.1 Å². The molecule has 0 bridgehead atoms. The number of fused-ring (bicyclic) bond motifs is 1. The fourth-order valence-corrected chi connectivity index (χ4v) is 6.31. The molecule has 0 spiro atoms. The zero-order valence-corrected chi connectivity index (χ0v) is 20.9. The average molecular weight is 519 g/mol. The second kappa shape index (κ2) is 10.2. The normalized spacial score (nSPS) is 23.1. The second-order valence-electron chi connectivity index (χ2n) is 8.56. The lowest BCUT2D eigenvalue weighted by atomic mass is 9.80. The number of carbonyl (C=O) groups is 2. The van der Waals surface area contributed by atoms with Crippen molar-refractivity contribution in [2.24, 2.45) is 10.9 Å². The number of ether oxygens (including phenoxy) is 1. The van der Waals surface area contributed by atoms with Crippen LogP contribution in [-0.4, -0.2) is 45.4 Å². The molecule has 36 heavy (non-hydrogen) atoms. The molecule has 1 fully saturated rings. The van der Waals surface area contributed by atoms with Gasteiger partial charge in [0, 0.05) is 28.8 Å². The molecule has 1 saturated heterocycles. The topological polar surface area (TPSA) is 129 Å². The van der Waals surface area contributed by atoms with Crippen LogP contribution in [0.1, 0.15) is 44.8 Å². The summed E-state index contributed by atoms with van der Waals surface area (Å²) < 4.78 is 6.04. The summed E-state index contributed by atoms with van der Waals surface area (Å²) in [5.41, 5.74) is 0.369. The lowest BCUT2D eigenvalue weighted by molar-refractivity contribution is -0.0466. The van der Waals surface area contributed by atoms with Gasteiger partial charge in [-0.05, 0) is 37.6 Å². The number of pyridine rings is 1. The Morgan fingerprint density at radius 3 is 2.75 bits per heavy atom. The first-order valence-electron chi connectivity index (χ1n) is 11.3. The summed E-state index contributed by atoms with van der Waals surface area (Å²) >= 11 is 2.92. The lowest BCUT2D eigenvalue weighted by Gasteiger charge is -2.44. The van der Waals surface area contributed by atoms with E-state index >= 15 is 0 Å². The number of aliphatic imine (C=N–C) groups is 1. The Morgan fingerprint density at radius 1 is 1.17 bits per heavy atom. The molecule has 0 radical (unpaired) electrons. The number of amides is 2. The van der Waals surface area contributed by atoms with Gasteiger partial charge in [-0.2, -0.15) is 5.26 Å². The first-order valence-corrected chi connectivity index (χ1v) is 13.2. The highest BCUT2D eigenvalue weighted by molar-refractivity contribution is 8.13. The monoisotopic (exact) mass is 518 g/mol. The van der Waals surface area contributed by atoms with Crippen molar-refractivity contribution in [2.75, 3.05) is 17.7 Å². The molecule has 2 aliphatic rings. The largest absolute Gasteiger partial charge is 0.375 e. The predicted molar refractivity (Wildman–Crippen MR) is 138 cm³/mol. The molecular formula is C25H22N6O3S2. The van der Waals surface area contributed by atoms with Gasteiger partial charge in [0.15, 0.2) is 5.17 Å². The van der Waals surface area contributed by atoms with Crippen LogP contribution < -0.4 is 10.6 Å². The van der Waals surface area contributed by atoms with Crippen molar-refractivity contribution in [1.82, 2.24) is 15.3 Å². The van der Waals surface area contributed by atoms with Crippen LogP contribution in [-0.2, 0) is 10.3 Å². The number of nitrogens with one attached hydrogen (secondary N) is 2. The third-order valence-corrected chi connectivity index (χ3v) is 8.14. The molecule has 5 rings (SSSR count). The van der Waals surface area contributed by atoms with E-state index in [1.54, 1.807) is 17.5 Å². The van der Waals surface area contributed by atoms with Crippen molar-refractivity contribution in [2.45, 2.75) is 25.0 Å². The van der Waals surface area contributed by atoms with Crippen molar-refractivity contribution in [1.29, 1.82) is 5.26 Å². The SMILES string of the molecule is C[C@H]1C[C@H]2CSC(NC(=O)c3ccccc3)=N[C@@]2(c2nc(NC(=O)c3ccc(C#N)cn3)cs2)CO1. The smallest absolute Gasteiger partial charge is 0.275 e. The molecule has 9 nitrogen and oxygen atoms in total. The molecular weight excluding hydrogens is 496 g/mol. The number of hydrogen-bond acceptors (Lipinski definition) is 9. The number of carbonyl (C=O) groups excluding carboxylic acids is 2. The zero-order chi connectivity index (χ0) is 25.1. The minimum Gasteiger partial charge on any atom is -0.375 e. The number of amidine groups is 1. The second-order valence-corrected chi connectivity index (χ2v) is 10.4. The number of thioether (sulfide) groups is 1. The van der Waals surface area contributed by atoms with E-state index in [1.807, 2.05) is 31.2 Å². The number of anilines is 1. The Hall–Kier alpha value is -3.59. The summed E-state index contributed by atoms with van der Waals surface area (Å²) in [6.07, 6.45) is 2.26. The van der Waals surface area contributed by atoms with Gasteiger partial charge in [-0.3, -0.25) is 9.59 Å². The van der Waals surface area contributed by atoms with Crippen molar-refractivity contribution in [3.05, 3.63) is 75.9 Å². The van der Waals surface area contributed by atoms with E-state index in [0.29, 0.717) is 33.7 Å². The fourth-order valence-electron chi connectivity index (χ4n) is 4.18. The first-order chi connectivity index (χ1) is 17.5. The molecule has 0 aliphatic carbocycles. The predicted octanol–water partition coefficient (Wildman–Crippen LogP) is 3.82. The number of nitriles is 1. The zero-order valence-electron chi connectivity index (χ0n) is 19.3. The van der Waals surface area contributed by atoms with Crippen molar-refractivity contribution >= 4 is 45.9 Å². The molecule has 3 atom stereocenters. The van der Waals surface area contributed by atoms with Crippen LogP contribution in [0.4, 0.5) is 5.82 Å². The van der Waals surface area contributed by atoms with Gasteiger partial charge in [-0.15, -0.1) is 11.3 Å². The van der Waals surface area contributed by atoms with E-state index in [9.17, 15) is 9.59 Å². The van der Waals surface area contributed by atoms with E-state index < -0.39 is 11.4 Å². The Labute approximate surface area is 216 Å². The van der Waals surface area contributed by atoms with Gasteiger partial charge in [-0.1, -0.05) is 30.0 Å². The molecule has 3 aromatic rings. The van der Waals surface area contributed by atoms with Crippen LogP contribution in [0.25, 0.3) is 0 Å². The van der Waals surface area contributed by atoms with Crippen LogP contribution in [0.3, 0.4) is 0 Å². The summed E-state index contributed by atoms with van der Waals surface area (Å²) in [6, 6.07) is 14.0. The average Bonchev–Trinajstić information content (AvgIpc) is 3.38. The molecule has 11 heteroatoms. The Kier molecular flexibility index (Phi) is 6.82. The maximum atomic E-state index is 12.7. The fraction of sp³-hybridized carbons (Fsp3) is 0.280. The van der Waals surface area contributed by atoms with Gasteiger partial charge in [-0.25, -0.2) is 15.0 Å². The summed E-state index contributed by atoms with van der Waals surface area (Å²) in [5.74, 6) is 0.678. The van der Waals surface area contributed by atoms with E-state index in [4.69, 9.17) is 20.0 Å². The molecule has 2 N–H and O–H groups in total. The number of aromatic nitrogens is 2. The number of hydrogen-bond donors (Lipinski definition) is 2. The van der Waals surface area contributed by atoms with Crippen LogP contribution >= 0.6 is 23.1 Å². The molecule has 0 saturated carbocycles. The van der Waals surface area contributed by atoms with Crippen molar-refractivity contribution < 1.29 is 14.3 Å². The highest BCUT2D eigenvalue weighted by atomic mass is 32.2. The van der Waals surface area contributed by atoms with Crippen molar-refractivity contribution in [3.63, 3.8) is 0 Å². The number of rotatable bonds is 4. The molecule has 2 aromatic heterocycles. The molecule has 2 amide bonds. The van der Waals surface area contributed by atoms with Crippen LogP contribution in [0.2, 0.25) is 0 Å². The quantitative estimate of drug-likeness (QED) is 0.537. The van der Waals surface area contributed by atoms with E-state index in [-0.39, 0.29) is 23.6 Å². The minimum absolute atomic E-state index is 0.0981. The van der Waals surface area contributed by atoms with E-state index in [0.717, 1.165) is 12.2 Å². The maximum Gasteiger partial charge on any atom is 0.275 e. The Morgan fingerprint density at radius 2 is 2.00 bits per heavy atom. The van der Waals surface area contributed by atoms with Crippen LogP contribution in [0, 0.1) is 17.2 Å². The van der Waals surface area contributed by atoms with Gasteiger partial charge < -0.3 is 15.4 Å². The highest BCUT2D eigenvalue weighted by Crippen LogP contribution is 2.47. The van der Waals surface area contributed by atoms with Gasteiger partial charge in [0.25, 0.3) is 11.8 Å². The summed E-state index contributed by atoms with van der Waals surface area (Å²) in [7, 11) is 0. The summed E-state index contributed by atoms with van der Waals surface area (Å²) in [4.78, 5) is 39.1. The third kappa shape index (κ3) is 4.88. The first kappa shape index (κ1) is 24.1. The molecule has 182 valence electrons.